The molecule has 0 aliphatic rings. The van der Waals surface area contributed by atoms with E-state index >= 15 is 0 Å². The van der Waals surface area contributed by atoms with Crippen LogP contribution in [0.5, 0.6) is 0 Å². The monoisotopic (exact) mass is 269 g/mol. The van der Waals surface area contributed by atoms with E-state index in [1.54, 1.807) is 19.0 Å². The summed E-state index contributed by atoms with van der Waals surface area (Å²) in [6, 6.07) is 6.17. The smallest absolute Gasteiger partial charge is 0.222 e. The molecule has 0 N–H and O–H groups in total. The molecular weight excluding hydrogens is 254 g/mol. The van der Waals surface area contributed by atoms with Crippen LogP contribution in [-0.4, -0.2) is 24.9 Å². The predicted molar refractivity (Wildman–Crippen MR) is 65.9 cm³/mol. The lowest BCUT2D eigenvalue weighted by Crippen LogP contribution is -2.21. The number of carbonyl (C=O) groups is 1. The van der Waals surface area contributed by atoms with Crippen LogP contribution in [0.25, 0.3) is 0 Å². The van der Waals surface area contributed by atoms with Crippen molar-refractivity contribution in [1.82, 2.24) is 4.90 Å². The summed E-state index contributed by atoms with van der Waals surface area (Å²) in [6.07, 6.45) is 1.39. The molecule has 1 rings (SSSR count). The average molecular weight is 270 g/mol. The minimum Gasteiger partial charge on any atom is -0.349 e. The molecule has 0 saturated heterocycles. The van der Waals surface area contributed by atoms with E-state index in [9.17, 15) is 4.79 Å². The lowest BCUT2D eigenvalue weighted by atomic mass is 10.0. The van der Waals surface area contributed by atoms with Crippen LogP contribution < -0.4 is 0 Å². The van der Waals surface area contributed by atoms with Gasteiger partial charge in [-0.25, -0.2) is 0 Å². The maximum Gasteiger partial charge on any atom is 0.222 e. The van der Waals surface area contributed by atoms with Gasteiger partial charge in [-0.15, -0.1) is 0 Å². The number of rotatable bonds is 3. The lowest BCUT2D eigenvalue weighted by molar-refractivity contribution is -0.128. The highest BCUT2D eigenvalue weighted by Gasteiger charge is 2.05. The van der Waals surface area contributed by atoms with E-state index in [1.165, 1.54) is 11.1 Å². The molecule has 15 heavy (non-hydrogen) atoms. The van der Waals surface area contributed by atoms with E-state index in [4.69, 9.17) is 0 Å². The second-order valence-corrected chi connectivity index (χ2v) is 4.77. The average Bonchev–Trinajstić information content (AvgIpc) is 2.15. The third kappa shape index (κ3) is 3.67. The molecule has 0 fully saturated rings. The highest BCUT2D eigenvalue weighted by atomic mass is 79.9. The van der Waals surface area contributed by atoms with Gasteiger partial charge in [0.15, 0.2) is 0 Å². The van der Waals surface area contributed by atoms with Crippen molar-refractivity contribution >= 4 is 21.8 Å². The molecule has 2 nitrogen and oxygen atoms in total. The maximum absolute atomic E-state index is 11.4. The molecule has 1 aromatic rings. The third-order valence-electron chi connectivity index (χ3n) is 2.41. The Morgan fingerprint density at radius 3 is 2.60 bits per heavy atom. The molecule has 1 amide bonds. The van der Waals surface area contributed by atoms with Gasteiger partial charge < -0.3 is 4.90 Å². The first kappa shape index (κ1) is 12.2. The first-order valence-corrected chi connectivity index (χ1v) is 5.75. The molecule has 0 radical (unpaired) electrons. The van der Waals surface area contributed by atoms with Crippen LogP contribution in [0.15, 0.2) is 22.7 Å². The largest absolute Gasteiger partial charge is 0.349 e. The quantitative estimate of drug-likeness (QED) is 0.827. The Morgan fingerprint density at radius 2 is 2.07 bits per heavy atom. The Bertz CT molecular complexity index is 361. The highest BCUT2D eigenvalue weighted by molar-refractivity contribution is 9.10. The molecule has 82 valence electrons. The van der Waals surface area contributed by atoms with Gasteiger partial charge in [-0.1, -0.05) is 22.0 Å². The van der Waals surface area contributed by atoms with Gasteiger partial charge in [-0.05, 0) is 36.6 Å². The van der Waals surface area contributed by atoms with E-state index in [0.29, 0.717) is 6.42 Å². The van der Waals surface area contributed by atoms with Crippen molar-refractivity contribution in [2.75, 3.05) is 14.1 Å². The SMILES string of the molecule is Cc1cc(Br)ccc1CCC(=O)N(C)C. The van der Waals surface area contributed by atoms with Crippen LogP contribution in [0.4, 0.5) is 0 Å². The van der Waals surface area contributed by atoms with Gasteiger partial charge in [0.05, 0.1) is 0 Å². The third-order valence-corrected chi connectivity index (χ3v) is 2.90. The number of benzene rings is 1. The van der Waals surface area contributed by atoms with Crippen molar-refractivity contribution in [3.05, 3.63) is 33.8 Å². The Kier molecular flexibility index (Phi) is 4.33. The standard InChI is InChI=1S/C12H16BrNO/c1-9-8-11(13)6-4-10(9)5-7-12(15)14(2)3/h4,6,8H,5,7H2,1-3H3. The summed E-state index contributed by atoms with van der Waals surface area (Å²) in [5, 5.41) is 0. The first-order valence-electron chi connectivity index (χ1n) is 4.96. The van der Waals surface area contributed by atoms with Gasteiger partial charge >= 0.3 is 0 Å². The number of hydrogen-bond donors (Lipinski definition) is 0. The van der Waals surface area contributed by atoms with E-state index in [0.717, 1.165) is 10.9 Å². The van der Waals surface area contributed by atoms with Crippen molar-refractivity contribution in [2.24, 2.45) is 0 Å². The van der Waals surface area contributed by atoms with Crippen LogP contribution in [0.3, 0.4) is 0 Å². The summed E-state index contributed by atoms with van der Waals surface area (Å²) in [5.41, 5.74) is 2.48. The van der Waals surface area contributed by atoms with Gasteiger partial charge in [0.2, 0.25) is 5.91 Å². The Labute approximate surface area is 99.4 Å². The molecule has 0 saturated carbocycles. The van der Waals surface area contributed by atoms with Crippen molar-refractivity contribution in [3.8, 4) is 0 Å². The van der Waals surface area contributed by atoms with Crippen LogP contribution in [-0.2, 0) is 11.2 Å². The molecule has 1 aromatic carbocycles. The minimum absolute atomic E-state index is 0.178. The molecule has 0 heterocycles. The molecule has 0 atom stereocenters. The maximum atomic E-state index is 11.4. The fraction of sp³-hybridized carbons (Fsp3) is 0.417. The predicted octanol–water partition coefficient (Wildman–Crippen LogP) is 2.78. The van der Waals surface area contributed by atoms with Crippen LogP contribution in [0.1, 0.15) is 17.5 Å². The van der Waals surface area contributed by atoms with Gasteiger partial charge in [0.1, 0.15) is 0 Å². The number of amides is 1. The van der Waals surface area contributed by atoms with Gasteiger partial charge in [-0.2, -0.15) is 0 Å². The molecule has 0 bridgehead atoms. The van der Waals surface area contributed by atoms with Crippen molar-refractivity contribution in [1.29, 1.82) is 0 Å². The van der Waals surface area contributed by atoms with Gasteiger partial charge in [-0.3, -0.25) is 4.79 Å². The van der Waals surface area contributed by atoms with Gasteiger partial charge in [0, 0.05) is 25.0 Å². The number of carbonyl (C=O) groups excluding carboxylic acids is 1. The second-order valence-electron chi connectivity index (χ2n) is 3.86. The Balaban J connectivity index is 2.62. The lowest BCUT2D eigenvalue weighted by Gasteiger charge is -2.11. The number of aryl methyl sites for hydroxylation is 2. The Morgan fingerprint density at radius 1 is 1.40 bits per heavy atom. The fourth-order valence-electron chi connectivity index (χ4n) is 1.41. The molecule has 0 aromatic heterocycles. The van der Waals surface area contributed by atoms with Gasteiger partial charge in [0.25, 0.3) is 0 Å². The normalized spacial score (nSPS) is 10.1. The van der Waals surface area contributed by atoms with E-state index in [2.05, 4.69) is 35.0 Å². The number of nitrogens with zero attached hydrogens (tertiary/aromatic N) is 1. The van der Waals surface area contributed by atoms with Crippen LogP contribution >= 0.6 is 15.9 Å². The summed E-state index contributed by atoms with van der Waals surface area (Å²) in [5.74, 6) is 0.178. The summed E-state index contributed by atoms with van der Waals surface area (Å²) in [4.78, 5) is 13.0. The Hall–Kier alpha value is -0.830. The van der Waals surface area contributed by atoms with Crippen molar-refractivity contribution in [2.45, 2.75) is 19.8 Å². The van der Waals surface area contributed by atoms with Crippen molar-refractivity contribution < 1.29 is 4.79 Å². The van der Waals surface area contributed by atoms with Crippen LogP contribution in [0.2, 0.25) is 0 Å². The molecule has 0 aliphatic carbocycles. The summed E-state index contributed by atoms with van der Waals surface area (Å²) < 4.78 is 1.09. The second kappa shape index (κ2) is 5.31. The summed E-state index contributed by atoms with van der Waals surface area (Å²) in [6.45, 7) is 2.07. The summed E-state index contributed by atoms with van der Waals surface area (Å²) in [7, 11) is 3.58. The van der Waals surface area contributed by atoms with E-state index in [-0.39, 0.29) is 5.91 Å². The number of hydrogen-bond acceptors (Lipinski definition) is 1. The minimum atomic E-state index is 0.178. The zero-order valence-corrected chi connectivity index (χ0v) is 11.0. The first-order chi connectivity index (χ1) is 7.00. The zero-order chi connectivity index (χ0) is 11.4. The molecule has 0 unspecified atom stereocenters. The molecule has 0 spiro atoms. The van der Waals surface area contributed by atoms with E-state index < -0.39 is 0 Å². The highest BCUT2D eigenvalue weighted by Crippen LogP contribution is 2.17. The number of halogens is 1. The molecular formula is C12H16BrNO. The molecule has 0 aliphatic heterocycles. The fourth-order valence-corrected chi connectivity index (χ4v) is 1.88. The van der Waals surface area contributed by atoms with Crippen LogP contribution in [0, 0.1) is 6.92 Å². The van der Waals surface area contributed by atoms with Crippen molar-refractivity contribution in [3.63, 3.8) is 0 Å². The van der Waals surface area contributed by atoms with E-state index in [1.807, 2.05) is 6.07 Å². The topological polar surface area (TPSA) is 20.3 Å². The molecule has 3 heteroatoms. The summed E-state index contributed by atoms with van der Waals surface area (Å²) >= 11 is 3.42. The zero-order valence-electron chi connectivity index (χ0n) is 9.38.